The lowest BCUT2D eigenvalue weighted by Crippen LogP contribution is -2.32. The van der Waals surface area contributed by atoms with Gasteiger partial charge in [0.05, 0.1) is 29.1 Å². The van der Waals surface area contributed by atoms with E-state index in [1.54, 1.807) is 18.2 Å². The van der Waals surface area contributed by atoms with Gasteiger partial charge in [0.2, 0.25) is 0 Å². The summed E-state index contributed by atoms with van der Waals surface area (Å²) in [6.07, 6.45) is 2.30. The van der Waals surface area contributed by atoms with Crippen LogP contribution in [0.25, 0.3) is 10.9 Å². The van der Waals surface area contributed by atoms with Crippen molar-refractivity contribution in [1.29, 1.82) is 5.26 Å². The van der Waals surface area contributed by atoms with E-state index in [9.17, 15) is 18.8 Å². The van der Waals surface area contributed by atoms with Crippen molar-refractivity contribution in [2.75, 3.05) is 31.1 Å². The molecule has 3 aromatic carbocycles. The zero-order chi connectivity index (χ0) is 29.5. The molecular weight excluding hydrogens is 535 g/mol. The molecule has 0 spiro atoms. The highest BCUT2D eigenvalue weighted by atomic mass is 19.1. The molecule has 0 aliphatic heterocycles. The summed E-state index contributed by atoms with van der Waals surface area (Å²) in [5.41, 5.74) is 5.41. The molecule has 0 saturated carbocycles. The Bertz CT molecular complexity index is 1600. The van der Waals surface area contributed by atoms with Gasteiger partial charge in [-0.2, -0.15) is 5.26 Å². The molecule has 1 heterocycles. The number of primary amides is 1. The highest BCUT2D eigenvalue weighted by Crippen LogP contribution is 2.36. The number of carbonyl (C=O) groups excluding carboxylic acids is 1. The van der Waals surface area contributed by atoms with Crippen molar-refractivity contribution in [2.24, 2.45) is 5.73 Å². The van der Waals surface area contributed by atoms with E-state index in [4.69, 9.17) is 15.2 Å². The number of amides is 2. The molecule has 8 nitrogen and oxygen atoms in total. The van der Waals surface area contributed by atoms with E-state index in [2.05, 4.69) is 29.8 Å². The number of halogens is 3. The molecular formula is C30H28F3N5O3. The second-order valence-electron chi connectivity index (χ2n) is 9.00. The molecule has 1 aromatic heterocycles. The van der Waals surface area contributed by atoms with Gasteiger partial charge in [-0.3, -0.25) is 9.88 Å². The first-order chi connectivity index (χ1) is 19.7. The Morgan fingerprint density at radius 1 is 0.976 bits per heavy atom. The van der Waals surface area contributed by atoms with Crippen molar-refractivity contribution in [2.45, 2.75) is 20.3 Å². The van der Waals surface area contributed by atoms with Gasteiger partial charge in [0, 0.05) is 36.3 Å². The number of pyridine rings is 1. The standard InChI is InChI=1S/C30H28F3N5O3/c1-3-37(4-2)12-5-13-40-29-17-25-22(14-19(29)18-34)28(10-11-36-25)41-21-7-9-27(24(33)16-21)38(30(35)39)26-8-6-20(31)15-23(26)32/h6-11,14-17H,3-5,12-13H2,1-2H3,(H2,35,39). The number of rotatable bonds is 11. The number of anilines is 2. The number of aromatic nitrogens is 1. The first kappa shape index (κ1) is 29.2. The topological polar surface area (TPSA) is 105 Å². The van der Waals surface area contributed by atoms with Crippen LogP contribution >= 0.6 is 0 Å². The summed E-state index contributed by atoms with van der Waals surface area (Å²) < 4.78 is 54.7. The molecule has 0 aliphatic rings. The zero-order valence-corrected chi connectivity index (χ0v) is 22.5. The normalized spacial score (nSPS) is 11.0. The van der Waals surface area contributed by atoms with Crippen molar-refractivity contribution >= 4 is 28.3 Å². The minimum atomic E-state index is -1.17. The molecule has 41 heavy (non-hydrogen) atoms. The lowest BCUT2D eigenvalue weighted by Gasteiger charge is -2.22. The van der Waals surface area contributed by atoms with Crippen molar-refractivity contribution < 1.29 is 27.4 Å². The van der Waals surface area contributed by atoms with Crippen LogP contribution in [0, 0.1) is 28.8 Å². The summed E-state index contributed by atoms with van der Waals surface area (Å²) in [6.45, 7) is 7.41. The third-order valence-electron chi connectivity index (χ3n) is 6.45. The van der Waals surface area contributed by atoms with Gasteiger partial charge in [0.15, 0.2) is 5.82 Å². The fraction of sp³-hybridized carbons (Fsp3) is 0.233. The maximum atomic E-state index is 15.2. The van der Waals surface area contributed by atoms with Gasteiger partial charge < -0.3 is 20.1 Å². The van der Waals surface area contributed by atoms with E-state index in [-0.39, 0.29) is 17.0 Å². The maximum Gasteiger partial charge on any atom is 0.324 e. The second-order valence-corrected chi connectivity index (χ2v) is 9.00. The van der Waals surface area contributed by atoms with Crippen LogP contribution in [-0.4, -0.2) is 42.2 Å². The van der Waals surface area contributed by atoms with E-state index in [1.807, 2.05) is 0 Å². The number of nitrogens with two attached hydrogens (primary N) is 1. The minimum absolute atomic E-state index is 0.0537. The van der Waals surface area contributed by atoms with Crippen LogP contribution in [0.15, 0.2) is 60.8 Å². The van der Waals surface area contributed by atoms with Crippen LogP contribution in [0.3, 0.4) is 0 Å². The number of nitrogens with zero attached hydrogens (tertiary/aromatic N) is 4. The van der Waals surface area contributed by atoms with Crippen LogP contribution in [0.2, 0.25) is 0 Å². The largest absolute Gasteiger partial charge is 0.492 e. The Labute approximate surface area is 235 Å². The molecule has 2 amide bonds. The summed E-state index contributed by atoms with van der Waals surface area (Å²) in [5.74, 6) is -2.15. The molecule has 0 radical (unpaired) electrons. The molecule has 2 N–H and O–H groups in total. The first-order valence-electron chi connectivity index (χ1n) is 13.0. The molecule has 0 saturated heterocycles. The fourth-order valence-electron chi connectivity index (χ4n) is 4.34. The molecule has 0 aliphatic carbocycles. The van der Waals surface area contributed by atoms with Crippen molar-refractivity contribution in [3.8, 4) is 23.3 Å². The Kier molecular flexibility index (Phi) is 9.26. The predicted molar refractivity (Wildman–Crippen MR) is 149 cm³/mol. The highest BCUT2D eigenvalue weighted by molar-refractivity contribution is 5.98. The number of nitriles is 1. The Morgan fingerprint density at radius 2 is 1.68 bits per heavy atom. The third-order valence-corrected chi connectivity index (χ3v) is 6.45. The smallest absolute Gasteiger partial charge is 0.324 e. The Hall–Kier alpha value is -4.82. The molecule has 4 aromatic rings. The van der Waals surface area contributed by atoms with Crippen molar-refractivity contribution in [3.05, 3.63) is 83.8 Å². The minimum Gasteiger partial charge on any atom is -0.492 e. The number of fused-ring (bicyclic) bond motifs is 1. The quantitative estimate of drug-likeness (QED) is 0.205. The van der Waals surface area contributed by atoms with E-state index >= 15 is 4.39 Å². The van der Waals surface area contributed by atoms with Crippen molar-refractivity contribution in [3.63, 3.8) is 0 Å². The second kappa shape index (κ2) is 13.0. The van der Waals surface area contributed by atoms with Gasteiger partial charge >= 0.3 is 6.03 Å². The van der Waals surface area contributed by atoms with E-state index < -0.39 is 29.2 Å². The van der Waals surface area contributed by atoms with E-state index in [1.165, 1.54) is 18.3 Å². The van der Waals surface area contributed by atoms with Gasteiger partial charge in [-0.1, -0.05) is 13.8 Å². The van der Waals surface area contributed by atoms with Gasteiger partial charge in [-0.05, 0) is 55.9 Å². The molecule has 0 atom stereocenters. The number of hydrogen-bond donors (Lipinski definition) is 1. The summed E-state index contributed by atoms with van der Waals surface area (Å²) in [6, 6.07) is 11.8. The van der Waals surface area contributed by atoms with Gasteiger partial charge in [-0.25, -0.2) is 18.0 Å². The summed E-state index contributed by atoms with van der Waals surface area (Å²) in [4.78, 5) is 19.3. The van der Waals surface area contributed by atoms with Gasteiger partial charge in [0.1, 0.15) is 35.0 Å². The molecule has 0 bridgehead atoms. The number of benzene rings is 3. The average Bonchev–Trinajstić information content (AvgIpc) is 2.95. The van der Waals surface area contributed by atoms with Gasteiger partial charge in [-0.15, -0.1) is 0 Å². The van der Waals surface area contributed by atoms with E-state index in [0.29, 0.717) is 40.0 Å². The first-order valence-corrected chi connectivity index (χ1v) is 13.0. The molecule has 4 rings (SSSR count). The Balaban J connectivity index is 1.58. The molecule has 0 unspecified atom stereocenters. The van der Waals surface area contributed by atoms with Crippen LogP contribution in [0.4, 0.5) is 29.3 Å². The molecule has 11 heteroatoms. The maximum absolute atomic E-state index is 15.2. The predicted octanol–water partition coefficient (Wildman–Crippen LogP) is 6.64. The van der Waals surface area contributed by atoms with Gasteiger partial charge in [0.25, 0.3) is 0 Å². The highest BCUT2D eigenvalue weighted by Gasteiger charge is 2.23. The summed E-state index contributed by atoms with van der Waals surface area (Å²) in [5, 5.41) is 10.2. The lowest BCUT2D eigenvalue weighted by atomic mass is 10.1. The average molecular weight is 564 g/mol. The third kappa shape index (κ3) is 6.67. The number of urea groups is 1. The monoisotopic (exact) mass is 563 g/mol. The van der Waals surface area contributed by atoms with Crippen molar-refractivity contribution in [1.82, 2.24) is 9.88 Å². The summed E-state index contributed by atoms with van der Waals surface area (Å²) in [7, 11) is 0. The van der Waals surface area contributed by atoms with Crippen LogP contribution in [-0.2, 0) is 0 Å². The Morgan fingerprint density at radius 3 is 2.32 bits per heavy atom. The summed E-state index contributed by atoms with van der Waals surface area (Å²) >= 11 is 0. The van der Waals surface area contributed by atoms with Crippen LogP contribution in [0.5, 0.6) is 17.2 Å². The molecule has 212 valence electrons. The van der Waals surface area contributed by atoms with Crippen LogP contribution in [0.1, 0.15) is 25.8 Å². The number of hydrogen-bond acceptors (Lipinski definition) is 6. The van der Waals surface area contributed by atoms with E-state index in [0.717, 1.165) is 44.3 Å². The molecule has 0 fully saturated rings. The number of ether oxygens (including phenoxy) is 2. The lowest BCUT2D eigenvalue weighted by molar-refractivity contribution is 0.249. The fourth-order valence-corrected chi connectivity index (χ4v) is 4.34. The SMILES string of the molecule is CCN(CC)CCCOc1cc2nccc(Oc3ccc(N(C(N)=O)c4ccc(F)cc4F)c(F)c3)c2cc1C#N. The number of carbonyl (C=O) groups is 1. The zero-order valence-electron chi connectivity index (χ0n) is 22.5. The van der Waals surface area contributed by atoms with Crippen LogP contribution < -0.4 is 20.1 Å².